The van der Waals surface area contributed by atoms with E-state index in [1.165, 1.54) is 0 Å². The van der Waals surface area contributed by atoms with Crippen LogP contribution in [0.1, 0.15) is 43.7 Å². The maximum absolute atomic E-state index is 13.3. The number of ketones is 1. The van der Waals surface area contributed by atoms with Gasteiger partial charge < -0.3 is 14.6 Å². The molecule has 0 saturated carbocycles. The van der Waals surface area contributed by atoms with Crippen molar-refractivity contribution in [1.82, 2.24) is 14.9 Å². The molecule has 0 bridgehead atoms. The molecular weight excluding hydrogens is 402 g/mol. The molecule has 1 atom stereocenters. The van der Waals surface area contributed by atoms with Gasteiger partial charge in [0, 0.05) is 41.7 Å². The van der Waals surface area contributed by atoms with Crippen molar-refractivity contribution < 1.29 is 14.3 Å². The van der Waals surface area contributed by atoms with Gasteiger partial charge in [-0.2, -0.15) is 0 Å². The van der Waals surface area contributed by atoms with E-state index in [-0.39, 0.29) is 11.7 Å². The first kappa shape index (κ1) is 19.8. The molecule has 158 valence electrons. The molecule has 6 heteroatoms. The molecule has 1 unspecified atom stereocenters. The summed E-state index contributed by atoms with van der Waals surface area (Å²) in [6, 6.07) is 19.8. The molecule has 0 saturated heterocycles. The summed E-state index contributed by atoms with van der Waals surface area (Å²) in [6.07, 6.45) is 3.52. The van der Waals surface area contributed by atoms with Crippen LogP contribution in [-0.2, 0) is 7.05 Å². The maximum atomic E-state index is 13.3. The number of imidazole rings is 1. The van der Waals surface area contributed by atoms with Crippen LogP contribution in [0, 0.1) is 0 Å². The molecule has 0 fully saturated rings. The molecular formula is C26H21N3O3. The van der Waals surface area contributed by atoms with E-state index < -0.39 is 6.04 Å². The molecule has 6 nitrogen and oxygen atoms in total. The highest BCUT2D eigenvalue weighted by molar-refractivity contribution is 6.22. The average Bonchev–Trinajstić information content (AvgIpc) is 3.38. The smallest absolute Gasteiger partial charge is 0.252 e. The average molecular weight is 423 g/mol. The lowest BCUT2D eigenvalue weighted by molar-refractivity contribution is 0.0941. The Balaban J connectivity index is 1.51. The highest BCUT2D eigenvalue weighted by Crippen LogP contribution is 2.37. The number of amides is 1. The number of carbonyl (C=O) groups is 2. The van der Waals surface area contributed by atoms with Gasteiger partial charge in [-0.25, -0.2) is 4.98 Å². The molecule has 1 heterocycles. The van der Waals surface area contributed by atoms with Crippen molar-refractivity contribution in [3.05, 3.63) is 107 Å². The van der Waals surface area contributed by atoms with E-state index in [0.717, 1.165) is 16.7 Å². The van der Waals surface area contributed by atoms with Crippen molar-refractivity contribution in [2.45, 2.75) is 6.04 Å². The molecule has 0 radical (unpaired) electrons. The summed E-state index contributed by atoms with van der Waals surface area (Å²) < 4.78 is 7.39. The Morgan fingerprint density at radius 3 is 2.44 bits per heavy atom. The van der Waals surface area contributed by atoms with Gasteiger partial charge in [0.1, 0.15) is 17.6 Å². The number of benzene rings is 3. The Morgan fingerprint density at radius 1 is 0.969 bits per heavy atom. The standard InChI is InChI=1S/C26H21N3O3/c1-29-14-13-27-25(29)23(20-9-5-6-10-22(20)32-2)28-26(31)16-11-12-18-17-7-3-4-8-19(17)24(30)21(18)15-16/h3-15,23H,1-2H3,(H,28,31). The molecule has 1 N–H and O–H groups in total. The second-order valence-electron chi connectivity index (χ2n) is 7.68. The van der Waals surface area contributed by atoms with Gasteiger partial charge in [0.2, 0.25) is 0 Å². The van der Waals surface area contributed by atoms with Crippen molar-refractivity contribution in [3.8, 4) is 16.9 Å². The Morgan fingerprint density at radius 2 is 1.69 bits per heavy atom. The molecule has 1 aliphatic rings. The zero-order valence-corrected chi connectivity index (χ0v) is 17.7. The van der Waals surface area contributed by atoms with E-state index in [9.17, 15) is 9.59 Å². The van der Waals surface area contributed by atoms with Crippen LogP contribution in [-0.4, -0.2) is 28.4 Å². The van der Waals surface area contributed by atoms with E-state index in [1.54, 1.807) is 25.4 Å². The van der Waals surface area contributed by atoms with E-state index in [0.29, 0.717) is 28.3 Å². The van der Waals surface area contributed by atoms with Crippen LogP contribution in [0.4, 0.5) is 0 Å². The third-order valence-electron chi connectivity index (χ3n) is 5.83. The largest absolute Gasteiger partial charge is 0.496 e. The number of methoxy groups -OCH3 is 1. The highest BCUT2D eigenvalue weighted by Gasteiger charge is 2.28. The summed E-state index contributed by atoms with van der Waals surface area (Å²) in [5, 5.41) is 3.08. The van der Waals surface area contributed by atoms with E-state index >= 15 is 0 Å². The van der Waals surface area contributed by atoms with Crippen molar-refractivity contribution in [1.29, 1.82) is 0 Å². The number of nitrogens with zero attached hydrogens (tertiary/aromatic N) is 2. The van der Waals surface area contributed by atoms with Gasteiger partial charge in [-0.15, -0.1) is 0 Å². The summed E-state index contributed by atoms with van der Waals surface area (Å²) in [7, 11) is 3.47. The topological polar surface area (TPSA) is 73.2 Å². The van der Waals surface area contributed by atoms with E-state index in [2.05, 4.69) is 10.3 Å². The number of rotatable bonds is 5. The monoisotopic (exact) mass is 423 g/mol. The molecule has 0 spiro atoms. The van der Waals surface area contributed by atoms with E-state index in [4.69, 9.17) is 4.74 Å². The number of nitrogens with one attached hydrogen (secondary N) is 1. The van der Waals surface area contributed by atoms with Gasteiger partial charge in [-0.1, -0.05) is 48.5 Å². The van der Waals surface area contributed by atoms with Gasteiger partial charge >= 0.3 is 0 Å². The molecule has 5 rings (SSSR count). The first-order chi connectivity index (χ1) is 15.6. The van der Waals surface area contributed by atoms with Crippen molar-refractivity contribution >= 4 is 11.7 Å². The van der Waals surface area contributed by atoms with Crippen LogP contribution in [0.25, 0.3) is 11.1 Å². The number of carbonyl (C=O) groups excluding carboxylic acids is 2. The Kier molecular flexibility index (Phi) is 4.82. The van der Waals surface area contributed by atoms with Crippen LogP contribution in [0.15, 0.2) is 79.1 Å². The summed E-state index contributed by atoms with van der Waals surface area (Å²) >= 11 is 0. The predicted molar refractivity (Wildman–Crippen MR) is 121 cm³/mol. The number of ether oxygens (including phenoxy) is 1. The van der Waals surface area contributed by atoms with Gasteiger partial charge in [0.25, 0.3) is 5.91 Å². The second-order valence-corrected chi connectivity index (χ2v) is 7.68. The SMILES string of the molecule is COc1ccccc1C(NC(=O)c1ccc2c(c1)C(=O)c1ccccc1-2)c1nccn1C. The molecule has 4 aromatic rings. The van der Waals surface area contributed by atoms with Crippen LogP contribution in [0.3, 0.4) is 0 Å². The number of aromatic nitrogens is 2. The minimum Gasteiger partial charge on any atom is -0.496 e. The van der Waals surface area contributed by atoms with Crippen LogP contribution in [0.5, 0.6) is 5.75 Å². The molecule has 1 aromatic heterocycles. The first-order valence-electron chi connectivity index (χ1n) is 10.3. The third-order valence-corrected chi connectivity index (χ3v) is 5.83. The molecule has 1 amide bonds. The summed E-state index contributed by atoms with van der Waals surface area (Å²) in [4.78, 5) is 30.6. The number of hydrogen-bond donors (Lipinski definition) is 1. The van der Waals surface area contributed by atoms with Gasteiger partial charge in [0.05, 0.1) is 7.11 Å². The zero-order chi connectivity index (χ0) is 22.2. The predicted octanol–water partition coefficient (Wildman–Crippen LogP) is 4.16. The van der Waals surface area contributed by atoms with Crippen molar-refractivity contribution in [2.75, 3.05) is 7.11 Å². The quantitative estimate of drug-likeness (QED) is 0.461. The molecule has 3 aromatic carbocycles. The molecule has 1 aliphatic carbocycles. The molecule has 0 aliphatic heterocycles. The highest BCUT2D eigenvalue weighted by atomic mass is 16.5. The van der Waals surface area contributed by atoms with Gasteiger partial charge in [-0.3, -0.25) is 9.59 Å². The number of para-hydroxylation sites is 1. The summed E-state index contributed by atoms with van der Waals surface area (Å²) in [6.45, 7) is 0. The second kappa shape index (κ2) is 7.81. The van der Waals surface area contributed by atoms with Crippen LogP contribution in [0.2, 0.25) is 0 Å². The van der Waals surface area contributed by atoms with Crippen LogP contribution < -0.4 is 10.1 Å². The van der Waals surface area contributed by atoms with Gasteiger partial charge in [0.15, 0.2) is 5.78 Å². The normalized spacial score (nSPS) is 12.8. The summed E-state index contributed by atoms with van der Waals surface area (Å²) in [5.74, 6) is 0.971. The number of hydrogen-bond acceptors (Lipinski definition) is 4. The Hall–Kier alpha value is -4.19. The number of aryl methyl sites for hydroxylation is 1. The van der Waals surface area contributed by atoms with Crippen molar-refractivity contribution in [3.63, 3.8) is 0 Å². The lowest BCUT2D eigenvalue weighted by Gasteiger charge is -2.21. The number of fused-ring (bicyclic) bond motifs is 3. The van der Waals surface area contributed by atoms with E-state index in [1.807, 2.05) is 72.4 Å². The minimum absolute atomic E-state index is 0.0596. The third kappa shape index (κ3) is 3.17. The molecule has 32 heavy (non-hydrogen) atoms. The minimum atomic E-state index is -0.528. The fourth-order valence-electron chi connectivity index (χ4n) is 4.23. The first-order valence-corrected chi connectivity index (χ1v) is 10.3. The zero-order valence-electron chi connectivity index (χ0n) is 17.7. The summed E-state index contributed by atoms with van der Waals surface area (Å²) in [5.41, 5.74) is 4.18. The van der Waals surface area contributed by atoms with Gasteiger partial charge in [-0.05, 0) is 29.3 Å². The Bertz CT molecular complexity index is 1360. The fraction of sp³-hybridized carbons (Fsp3) is 0.115. The van der Waals surface area contributed by atoms with Crippen LogP contribution >= 0.6 is 0 Å². The Labute approximate surface area is 185 Å². The fourth-order valence-corrected chi connectivity index (χ4v) is 4.23. The van der Waals surface area contributed by atoms with Crippen molar-refractivity contribution in [2.24, 2.45) is 7.05 Å². The lowest BCUT2D eigenvalue weighted by atomic mass is 10.0. The lowest BCUT2D eigenvalue weighted by Crippen LogP contribution is -2.31. The maximum Gasteiger partial charge on any atom is 0.252 e.